The average molecular weight is 541 g/mol. The number of benzene rings is 2. The minimum Gasteiger partial charge on any atom is -0.404 e. The molecular weight excluding hydrogens is 535 g/mol. The number of hydrogen-bond donors (Lipinski definition) is 0. The molecule has 0 atom stereocenters. The quantitative estimate of drug-likeness (QED) is 0.441. The molecule has 15 heteroatoms. The summed E-state index contributed by atoms with van der Waals surface area (Å²) in [5.41, 5.74) is 0. The summed E-state index contributed by atoms with van der Waals surface area (Å²) in [5, 5.41) is -0.0255. The molecule has 0 radical (unpaired) electrons. The monoisotopic (exact) mass is 538 g/mol. The molecule has 156 valence electrons. The van der Waals surface area contributed by atoms with Crippen LogP contribution in [0.25, 0.3) is 0 Å². The van der Waals surface area contributed by atoms with Gasteiger partial charge < -0.3 is 4.74 Å². The molecule has 0 heterocycles. The molecule has 2 rings (SSSR count). The van der Waals surface area contributed by atoms with Crippen LogP contribution >= 0.6 is 56.2 Å². The number of hydrogen-bond acceptors (Lipinski definition) is 5. The molecule has 0 aliphatic heterocycles. The maximum absolute atomic E-state index is 11.8. The van der Waals surface area contributed by atoms with Crippen molar-refractivity contribution in [1.82, 2.24) is 0 Å². The van der Waals surface area contributed by atoms with Crippen molar-refractivity contribution in [2.75, 3.05) is 0 Å². The van der Waals surface area contributed by atoms with Crippen molar-refractivity contribution in [3.8, 4) is 5.75 Å². The van der Waals surface area contributed by atoms with Crippen LogP contribution in [0.4, 0.5) is 13.2 Å². The van der Waals surface area contributed by atoms with E-state index >= 15 is 0 Å². The van der Waals surface area contributed by atoms with E-state index in [0.29, 0.717) is 0 Å². The van der Waals surface area contributed by atoms with Crippen LogP contribution in [0.1, 0.15) is 0 Å². The summed E-state index contributed by atoms with van der Waals surface area (Å²) in [6.45, 7) is 0. The van der Waals surface area contributed by atoms with Gasteiger partial charge in [0.05, 0.1) is 14.8 Å². The molecule has 2 aromatic carbocycles. The first-order valence-corrected chi connectivity index (χ1v) is 12.1. The van der Waals surface area contributed by atoms with Crippen molar-refractivity contribution in [3.05, 3.63) is 51.5 Å². The van der Waals surface area contributed by atoms with E-state index in [1.807, 2.05) is 0 Å². The first kappa shape index (κ1) is 25.4. The molecule has 0 aliphatic rings. The van der Waals surface area contributed by atoms with E-state index in [1.165, 1.54) is 18.2 Å². The molecule has 0 spiro atoms. The highest BCUT2D eigenvalue weighted by Crippen LogP contribution is 2.32. The molecule has 5 nitrogen and oxygen atoms in total. The number of alkyl halides is 3. The Labute approximate surface area is 181 Å². The van der Waals surface area contributed by atoms with Crippen LogP contribution in [0.2, 0.25) is 15.1 Å². The molecule has 28 heavy (non-hydrogen) atoms. The fraction of sp³-hybridized carbons (Fsp3) is 0.0769. The summed E-state index contributed by atoms with van der Waals surface area (Å²) in [6, 6.07) is 6.28. The van der Waals surface area contributed by atoms with Crippen LogP contribution in [0.3, 0.4) is 0 Å². The number of halogens is 8. The smallest absolute Gasteiger partial charge is 0.404 e. The second kappa shape index (κ2) is 9.46. The lowest BCUT2D eigenvalue weighted by Crippen LogP contribution is -2.17. The standard InChI is InChI=1S/C7H3Cl2F3O3S.C6H3Cl3O2S/c8-5-3-4(16(9,13)14)1-2-6(5)15-7(10,11)12;7-4-1-5(8)3-6(2-4)12(9,10)11/h1-3H;1-3H. The van der Waals surface area contributed by atoms with Gasteiger partial charge in [0, 0.05) is 31.4 Å². The lowest BCUT2D eigenvalue weighted by molar-refractivity contribution is -0.274. The van der Waals surface area contributed by atoms with Crippen molar-refractivity contribution < 1.29 is 34.7 Å². The fourth-order valence-electron chi connectivity index (χ4n) is 1.51. The lowest BCUT2D eigenvalue weighted by Gasteiger charge is -2.10. The van der Waals surface area contributed by atoms with Gasteiger partial charge in [0.25, 0.3) is 18.1 Å². The molecule has 0 saturated heterocycles. The van der Waals surface area contributed by atoms with Gasteiger partial charge in [-0.2, -0.15) is 0 Å². The first-order valence-electron chi connectivity index (χ1n) is 6.40. The highest BCUT2D eigenvalue weighted by molar-refractivity contribution is 8.14. The summed E-state index contributed by atoms with van der Waals surface area (Å²) in [4.78, 5) is -0.504. The second-order valence-electron chi connectivity index (χ2n) is 4.62. The van der Waals surface area contributed by atoms with E-state index in [0.717, 1.165) is 18.2 Å². The predicted octanol–water partition coefficient (Wildman–Crippen LogP) is 6.09. The highest BCUT2D eigenvalue weighted by Gasteiger charge is 2.32. The molecule has 0 amide bonds. The molecule has 0 aromatic heterocycles. The van der Waals surface area contributed by atoms with Gasteiger partial charge in [0.15, 0.2) is 0 Å². The second-order valence-corrected chi connectivity index (χ2v) is 11.0. The molecule has 0 fully saturated rings. The molecule has 2 aromatic rings. The molecule has 0 saturated carbocycles. The Morgan fingerprint density at radius 3 is 1.57 bits per heavy atom. The Bertz CT molecular complexity index is 1050. The van der Waals surface area contributed by atoms with Crippen molar-refractivity contribution in [2.45, 2.75) is 16.2 Å². The normalized spacial score (nSPS) is 12.1. The van der Waals surface area contributed by atoms with Gasteiger partial charge in [0.2, 0.25) is 0 Å². The van der Waals surface area contributed by atoms with E-state index in [1.54, 1.807) is 0 Å². The Morgan fingerprint density at radius 2 is 1.21 bits per heavy atom. The fourth-order valence-corrected chi connectivity index (χ4v) is 4.03. The zero-order valence-electron chi connectivity index (χ0n) is 12.8. The first-order chi connectivity index (χ1) is 12.5. The Balaban J connectivity index is 0.000000292. The summed E-state index contributed by atoms with van der Waals surface area (Å²) in [6.07, 6.45) is -4.90. The van der Waals surface area contributed by atoms with Crippen LogP contribution in [0.15, 0.2) is 46.2 Å². The highest BCUT2D eigenvalue weighted by atomic mass is 35.7. The Morgan fingerprint density at radius 1 is 0.750 bits per heavy atom. The molecule has 0 N–H and O–H groups in total. The largest absolute Gasteiger partial charge is 0.573 e. The third kappa shape index (κ3) is 8.81. The minimum atomic E-state index is -4.90. The number of ether oxygens (including phenoxy) is 1. The van der Waals surface area contributed by atoms with Gasteiger partial charge in [0.1, 0.15) is 5.75 Å². The van der Waals surface area contributed by atoms with E-state index in [9.17, 15) is 30.0 Å². The maximum atomic E-state index is 11.8. The van der Waals surface area contributed by atoms with Crippen molar-refractivity contribution in [3.63, 3.8) is 0 Å². The van der Waals surface area contributed by atoms with Crippen molar-refractivity contribution in [1.29, 1.82) is 0 Å². The van der Waals surface area contributed by atoms with Crippen LogP contribution < -0.4 is 4.74 Å². The summed E-state index contributed by atoms with van der Waals surface area (Å²) in [5.74, 6) is -0.696. The SMILES string of the molecule is O=S(=O)(Cl)c1cc(Cl)cc(Cl)c1.O=S(=O)(Cl)c1ccc(OC(F)(F)F)c(Cl)c1. The van der Waals surface area contributed by atoms with Gasteiger partial charge in [-0.25, -0.2) is 16.8 Å². The average Bonchev–Trinajstić information content (AvgIpc) is 2.45. The van der Waals surface area contributed by atoms with Gasteiger partial charge in [-0.3, -0.25) is 0 Å². The van der Waals surface area contributed by atoms with E-state index in [2.05, 4.69) is 4.74 Å². The van der Waals surface area contributed by atoms with Gasteiger partial charge in [-0.15, -0.1) is 13.2 Å². The number of rotatable bonds is 3. The zero-order valence-corrected chi connectivity index (χ0v) is 18.3. The topological polar surface area (TPSA) is 77.5 Å². The zero-order chi connectivity index (χ0) is 21.9. The van der Waals surface area contributed by atoms with E-state index in [4.69, 9.17) is 56.2 Å². The van der Waals surface area contributed by atoms with Gasteiger partial charge in [-0.05, 0) is 36.4 Å². The molecule has 0 bridgehead atoms. The Kier molecular flexibility index (Phi) is 8.59. The van der Waals surface area contributed by atoms with Crippen LogP contribution in [0, 0.1) is 0 Å². The van der Waals surface area contributed by atoms with Crippen LogP contribution in [0.5, 0.6) is 5.75 Å². The predicted molar refractivity (Wildman–Crippen MR) is 101 cm³/mol. The molecule has 0 unspecified atom stereocenters. The van der Waals surface area contributed by atoms with Crippen molar-refractivity contribution >= 4 is 74.3 Å². The summed E-state index contributed by atoms with van der Waals surface area (Å²) >= 11 is 16.5. The lowest BCUT2D eigenvalue weighted by atomic mass is 10.3. The minimum absolute atomic E-state index is 0.0957. The van der Waals surface area contributed by atoms with Gasteiger partial charge in [-0.1, -0.05) is 34.8 Å². The maximum Gasteiger partial charge on any atom is 0.573 e. The van der Waals surface area contributed by atoms with Crippen LogP contribution in [-0.4, -0.2) is 23.2 Å². The summed E-state index contributed by atoms with van der Waals surface area (Å²) < 4.78 is 82.2. The summed E-state index contributed by atoms with van der Waals surface area (Å²) in [7, 11) is 2.24. The third-order valence-electron chi connectivity index (χ3n) is 2.53. The van der Waals surface area contributed by atoms with E-state index in [-0.39, 0.29) is 14.9 Å². The molecule has 0 aliphatic carbocycles. The third-order valence-corrected chi connectivity index (χ3v) is 5.94. The van der Waals surface area contributed by atoms with Crippen LogP contribution in [-0.2, 0) is 18.1 Å². The van der Waals surface area contributed by atoms with Gasteiger partial charge >= 0.3 is 6.36 Å². The Hall–Kier alpha value is -0.620. The van der Waals surface area contributed by atoms with Crippen molar-refractivity contribution in [2.24, 2.45) is 0 Å². The van der Waals surface area contributed by atoms with E-state index < -0.39 is 40.1 Å². The molecular formula is C13H6Cl5F3O5S2.